The molecule has 0 aromatic carbocycles. The van der Waals surface area contributed by atoms with Crippen LogP contribution in [0.4, 0.5) is 0 Å². The van der Waals surface area contributed by atoms with Crippen molar-refractivity contribution in [1.29, 1.82) is 0 Å². The van der Waals surface area contributed by atoms with Gasteiger partial charge in [0, 0.05) is 0 Å². The van der Waals surface area contributed by atoms with Gasteiger partial charge in [0.05, 0.1) is 19.2 Å². The van der Waals surface area contributed by atoms with E-state index < -0.39 is 5.97 Å². The quantitative estimate of drug-likeness (QED) is 0.824. The number of hydrogen-bond acceptors (Lipinski definition) is 5. The second-order valence-corrected chi connectivity index (χ2v) is 4.67. The highest BCUT2D eigenvalue weighted by Crippen LogP contribution is 2.30. The summed E-state index contributed by atoms with van der Waals surface area (Å²) in [5.74, 6) is -0.0249. The molecule has 1 aliphatic rings. The summed E-state index contributed by atoms with van der Waals surface area (Å²) in [6.07, 6.45) is 1.70. The SMILES string of the molecule is COC(=O)c1ccc(C(C)N2CCCC2C(N)=O)o1. The fourth-order valence-corrected chi connectivity index (χ4v) is 2.51. The highest BCUT2D eigenvalue weighted by atomic mass is 16.5. The zero-order valence-electron chi connectivity index (χ0n) is 11.1. The van der Waals surface area contributed by atoms with Crippen LogP contribution in [0.1, 0.15) is 42.1 Å². The molecule has 2 atom stereocenters. The van der Waals surface area contributed by atoms with E-state index in [1.807, 2.05) is 11.8 Å². The van der Waals surface area contributed by atoms with Crippen LogP contribution in [0, 0.1) is 0 Å². The normalized spacial score (nSPS) is 21.3. The molecule has 1 saturated heterocycles. The van der Waals surface area contributed by atoms with E-state index in [4.69, 9.17) is 10.2 Å². The van der Waals surface area contributed by atoms with Crippen LogP contribution in [0.3, 0.4) is 0 Å². The molecule has 1 amide bonds. The van der Waals surface area contributed by atoms with Crippen molar-refractivity contribution in [2.75, 3.05) is 13.7 Å². The number of carbonyl (C=O) groups excluding carboxylic acids is 2. The number of ether oxygens (including phenoxy) is 1. The molecule has 2 rings (SSSR count). The summed E-state index contributed by atoms with van der Waals surface area (Å²) in [6, 6.07) is 2.94. The summed E-state index contributed by atoms with van der Waals surface area (Å²) >= 11 is 0. The van der Waals surface area contributed by atoms with Crippen molar-refractivity contribution in [3.8, 4) is 0 Å². The lowest BCUT2D eigenvalue weighted by Crippen LogP contribution is -2.41. The van der Waals surface area contributed by atoms with Crippen LogP contribution in [-0.4, -0.2) is 36.5 Å². The molecule has 2 N–H and O–H groups in total. The maximum absolute atomic E-state index is 11.4. The Labute approximate surface area is 111 Å². The number of likely N-dealkylation sites (tertiary alicyclic amines) is 1. The Morgan fingerprint density at radius 2 is 2.26 bits per heavy atom. The van der Waals surface area contributed by atoms with Gasteiger partial charge in [0.1, 0.15) is 5.76 Å². The Morgan fingerprint density at radius 3 is 2.89 bits per heavy atom. The maximum Gasteiger partial charge on any atom is 0.373 e. The monoisotopic (exact) mass is 266 g/mol. The van der Waals surface area contributed by atoms with Gasteiger partial charge in [-0.2, -0.15) is 0 Å². The van der Waals surface area contributed by atoms with Crippen LogP contribution in [0.2, 0.25) is 0 Å². The Morgan fingerprint density at radius 1 is 1.53 bits per heavy atom. The Bertz CT molecular complexity index is 483. The van der Waals surface area contributed by atoms with E-state index in [9.17, 15) is 9.59 Å². The van der Waals surface area contributed by atoms with Crippen molar-refractivity contribution in [2.24, 2.45) is 5.73 Å². The standard InChI is InChI=1S/C13H18N2O4/c1-8(15-7-3-4-9(15)12(14)16)10-5-6-11(19-10)13(17)18-2/h5-6,8-9H,3-4,7H2,1-2H3,(H2,14,16). The number of hydrogen-bond donors (Lipinski definition) is 1. The highest BCUT2D eigenvalue weighted by Gasteiger charge is 2.34. The van der Waals surface area contributed by atoms with E-state index in [0.717, 1.165) is 19.4 Å². The van der Waals surface area contributed by atoms with Gasteiger partial charge < -0.3 is 14.9 Å². The number of furan rings is 1. The van der Waals surface area contributed by atoms with Gasteiger partial charge in [0.25, 0.3) is 0 Å². The van der Waals surface area contributed by atoms with Gasteiger partial charge in [-0.15, -0.1) is 0 Å². The molecule has 0 radical (unpaired) electrons. The Balaban J connectivity index is 2.15. The number of esters is 1. The van der Waals surface area contributed by atoms with E-state index in [1.165, 1.54) is 7.11 Å². The first-order chi connectivity index (χ1) is 9.04. The van der Waals surface area contributed by atoms with E-state index in [0.29, 0.717) is 5.76 Å². The van der Waals surface area contributed by atoms with Gasteiger partial charge in [-0.3, -0.25) is 9.69 Å². The first-order valence-electron chi connectivity index (χ1n) is 6.27. The molecule has 6 heteroatoms. The summed E-state index contributed by atoms with van der Waals surface area (Å²) in [7, 11) is 1.30. The third kappa shape index (κ3) is 2.63. The average Bonchev–Trinajstić information content (AvgIpc) is 3.05. The number of amides is 1. The maximum atomic E-state index is 11.4. The lowest BCUT2D eigenvalue weighted by molar-refractivity contribution is -0.123. The molecule has 19 heavy (non-hydrogen) atoms. The third-order valence-electron chi connectivity index (χ3n) is 3.55. The van der Waals surface area contributed by atoms with Crippen LogP contribution < -0.4 is 5.73 Å². The number of methoxy groups -OCH3 is 1. The van der Waals surface area contributed by atoms with Crippen LogP contribution in [0.5, 0.6) is 0 Å². The van der Waals surface area contributed by atoms with Gasteiger partial charge in [-0.05, 0) is 38.4 Å². The summed E-state index contributed by atoms with van der Waals surface area (Å²) in [4.78, 5) is 24.7. The molecule has 6 nitrogen and oxygen atoms in total. The zero-order valence-corrected chi connectivity index (χ0v) is 11.1. The summed E-state index contributed by atoms with van der Waals surface area (Å²) in [6.45, 7) is 2.73. The summed E-state index contributed by atoms with van der Waals surface area (Å²) in [5, 5.41) is 0. The van der Waals surface area contributed by atoms with Crippen molar-refractivity contribution in [3.63, 3.8) is 0 Å². The predicted octanol–water partition coefficient (Wildman–Crippen LogP) is 1.08. The molecule has 0 saturated carbocycles. The fourth-order valence-electron chi connectivity index (χ4n) is 2.51. The van der Waals surface area contributed by atoms with Crippen molar-refractivity contribution in [3.05, 3.63) is 23.7 Å². The molecular formula is C13H18N2O4. The lowest BCUT2D eigenvalue weighted by atomic mass is 10.1. The lowest BCUT2D eigenvalue weighted by Gasteiger charge is -2.27. The van der Waals surface area contributed by atoms with Crippen molar-refractivity contribution in [2.45, 2.75) is 31.8 Å². The van der Waals surface area contributed by atoms with Crippen LogP contribution in [-0.2, 0) is 9.53 Å². The highest BCUT2D eigenvalue weighted by molar-refractivity contribution is 5.86. The molecule has 1 fully saturated rings. The van der Waals surface area contributed by atoms with Crippen molar-refractivity contribution < 1.29 is 18.7 Å². The molecule has 1 aromatic rings. The minimum Gasteiger partial charge on any atom is -0.463 e. The first kappa shape index (κ1) is 13.6. The number of primary amides is 1. The van der Waals surface area contributed by atoms with Crippen molar-refractivity contribution >= 4 is 11.9 Å². The first-order valence-corrected chi connectivity index (χ1v) is 6.27. The molecule has 0 spiro atoms. The average molecular weight is 266 g/mol. The number of nitrogens with two attached hydrogens (primary N) is 1. The van der Waals surface area contributed by atoms with E-state index in [-0.39, 0.29) is 23.8 Å². The molecular weight excluding hydrogens is 248 g/mol. The Kier molecular flexibility index (Phi) is 3.90. The van der Waals surface area contributed by atoms with Gasteiger partial charge in [0.15, 0.2) is 0 Å². The molecule has 0 bridgehead atoms. The van der Waals surface area contributed by atoms with E-state index in [2.05, 4.69) is 4.74 Å². The van der Waals surface area contributed by atoms with Crippen LogP contribution >= 0.6 is 0 Å². The minimum atomic E-state index is -0.508. The molecule has 2 unspecified atom stereocenters. The zero-order chi connectivity index (χ0) is 14.0. The smallest absolute Gasteiger partial charge is 0.373 e. The molecule has 2 heterocycles. The van der Waals surface area contributed by atoms with Crippen LogP contribution in [0.25, 0.3) is 0 Å². The third-order valence-corrected chi connectivity index (χ3v) is 3.55. The van der Waals surface area contributed by atoms with Crippen molar-refractivity contribution in [1.82, 2.24) is 4.90 Å². The number of carbonyl (C=O) groups is 2. The number of nitrogens with zero attached hydrogens (tertiary/aromatic N) is 1. The second kappa shape index (κ2) is 5.44. The van der Waals surface area contributed by atoms with E-state index >= 15 is 0 Å². The second-order valence-electron chi connectivity index (χ2n) is 4.67. The number of rotatable bonds is 4. The predicted molar refractivity (Wildman–Crippen MR) is 67.4 cm³/mol. The van der Waals surface area contributed by atoms with E-state index in [1.54, 1.807) is 12.1 Å². The molecule has 1 aromatic heterocycles. The Hall–Kier alpha value is -1.82. The molecule has 1 aliphatic heterocycles. The van der Waals surface area contributed by atoms with Gasteiger partial charge in [0.2, 0.25) is 11.7 Å². The summed E-state index contributed by atoms with van der Waals surface area (Å²) < 4.78 is 10.1. The minimum absolute atomic E-state index is 0.0987. The van der Waals surface area contributed by atoms with Gasteiger partial charge in [-0.25, -0.2) is 4.79 Å². The molecule has 0 aliphatic carbocycles. The topological polar surface area (TPSA) is 85.8 Å². The summed E-state index contributed by atoms with van der Waals surface area (Å²) in [5.41, 5.74) is 5.39. The van der Waals surface area contributed by atoms with Gasteiger partial charge >= 0.3 is 5.97 Å². The van der Waals surface area contributed by atoms with Gasteiger partial charge in [-0.1, -0.05) is 0 Å². The largest absolute Gasteiger partial charge is 0.463 e. The van der Waals surface area contributed by atoms with Crippen LogP contribution in [0.15, 0.2) is 16.5 Å². The molecule has 104 valence electrons. The fraction of sp³-hybridized carbons (Fsp3) is 0.538.